The third-order valence-electron chi connectivity index (χ3n) is 1.08. The van der Waals surface area contributed by atoms with Gasteiger partial charge in [-0.25, -0.2) is 4.98 Å². The zero-order valence-electron chi connectivity index (χ0n) is 5.12. The lowest BCUT2D eigenvalue weighted by Crippen LogP contribution is -1.85. The van der Waals surface area contributed by atoms with Gasteiger partial charge in [0.05, 0.1) is 0 Å². The minimum absolute atomic E-state index is 0.824. The number of rotatable bonds is 2. The molecule has 0 amide bonds. The van der Waals surface area contributed by atoms with Gasteiger partial charge in [0.1, 0.15) is 5.82 Å². The van der Waals surface area contributed by atoms with Crippen LogP contribution >= 0.6 is 0 Å². The second-order valence-corrected chi connectivity index (χ2v) is 1.58. The summed E-state index contributed by atoms with van der Waals surface area (Å²) in [6.45, 7) is 7.17. The van der Waals surface area contributed by atoms with Crippen LogP contribution in [-0.4, -0.2) is 9.55 Å². The van der Waals surface area contributed by atoms with Crippen LogP contribution in [0, 0.1) is 0 Å². The Hall–Kier alpha value is -1.31. The summed E-state index contributed by atoms with van der Waals surface area (Å²) in [5.41, 5.74) is 0. The highest BCUT2D eigenvalue weighted by Gasteiger charge is 1.89. The summed E-state index contributed by atoms with van der Waals surface area (Å²) < 4.78 is 1.80. The van der Waals surface area contributed by atoms with Crippen molar-refractivity contribution in [2.24, 2.45) is 0 Å². The van der Waals surface area contributed by atoms with E-state index < -0.39 is 0 Å². The Morgan fingerprint density at radius 1 is 1.56 bits per heavy atom. The molecule has 1 heterocycles. The molecular formula is C7H8N2. The Kier molecular flexibility index (Phi) is 1.49. The molecule has 2 nitrogen and oxygen atoms in total. The molecule has 0 saturated heterocycles. The highest BCUT2D eigenvalue weighted by molar-refractivity contribution is 5.41. The first-order valence-corrected chi connectivity index (χ1v) is 2.66. The smallest absolute Gasteiger partial charge is 0.136 e. The Morgan fingerprint density at radius 3 is 2.78 bits per heavy atom. The van der Waals surface area contributed by atoms with Crippen LogP contribution < -0.4 is 0 Å². The van der Waals surface area contributed by atoms with Gasteiger partial charge in [0.2, 0.25) is 0 Å². The molecule has 0 fully saturated rings. The van der Waals surface area contributed by atoms with Crippen LogP contribution in [0.1, 0.15) is 5.82 Å². The summed E-state index contributed by atoms with van der Waals surface area (Å²) in [6.07, 6.45) is 6.90. The molecule has 1 aromatic rings. The average Bonchev–Trinajstić information content (AvgIpc) is 2.33. The topological polar surface area (TPSA) is 17.8 Å². The lowest BCUT2D eigenvalue weighted by atomic mass is 10.6. The van der Waals surface area contributed by atoms with Gasteiger partial charge in [-0.2, -0.15) is 0 Å². The van der Waals surface area contributed by atoms with Gasteiger partial charge in [-0.1, -0.05) is 13.2 Å². The zero-order chi connectivity index (χ0) is 6.69. The van der Waals surface area contributed by atoms with Crippen molar-refractivity contribution in [1.82, 2.24) is 9.55 Å². The van der Waals surface area contributed by atoms with Crippen molar-refractivity contribution in [3.63, 3.8) is 0 Å². The quantitative estimate of drug-likeness (QED) is 0.580. The van der Waals surface area contributed by atoms with E-state index in [2.05, 4.69) is 18.1 Å². The van der Waals surface area contributed by atoms with E-state index in [-0.39, 0.29) is 0 Å². The Bertz CT molecular complexity index is 200. The van der Waals surface area contributed by atoms with Gasteiger partial charge in [-0.05, 0) is 6.08 Å². The highest BCUT2D eigenvalue weighted by atomic mass is 15.0. The molecule has 2 heteroatoms. The van der Waals surface area contributed by atoms with E-state index >= 15 is 0 Å². The molecular weight excluding hydrogens is 112 g/mol. The summed E-state index contributed by atoms with van der Waals surface area (Å²) in [7, 11) is 0. The second kappa shape index (κ2) is 2.31. The average molecular weight is 120 g/mol. The van der Waals surface area contributed by atoms with Crippen LogP contribution in [-0.2, 0) is 0 Å². The highest BCUT2D eigenvalue weighted by Crippen LogP contribution is 1.97. The van der Waals surface area contributed by atoms with Crippen LogP contribution in [0.15, 0.2) is 25.6 Å². The van der Waals surface area contributed by atoms with Crippen LogP contribution in [0.25, 0.3) is 12.3 Å². The molecule has 0 radical (unpaired) electrons. The van der Waals surface area contributed by atoms with E-state index in [0.29, 0.717) is 0 Å². The molecule has 0 N–H and O–H groups in total. The standard InChI is InChI=1S/C7H8N2/c1-3-7-8-5-6-9(7)4-2/h3-6H,1-2H2. The predicted octanol–water partition coefficient (Wildman–Crippen LogP) is 1.63. The molecule has 46 valence electrons. The van der Waals surface area contributed by atoms with Crippen LogP contribution in [0.2, 0.25) is 0 Å². The Balaban J connectivity index is 3.12. The molecule has 0 bridgehead atoms. The maximum absolute atomic E-state index is 3.98. The number of imidazole rings is 1. The first-order chi connectivity index (χ1) is 4.38. The molecule has 1 aromatic heterocycles. The van der Waals surface area contributed by atoms with Gasteiger partial charge in [-0.3, -0.25) is 0 Å². The minimum atomic E-state index is 0.824. The fourth-order valence-electron chi connectivity index (χ4n) is 0.637. The summed E-state index contributed by atoms with van der Waals surface area (Å²) in [6, 6.07) is 0. The van der Waals surface area contributed by atoms with Crippen LogP contribution in [0.4, 0.5) is 0 Å². The number of nitrogens with zero attached hydrogens (tertiary/aromatic N) is 2. The summed E-state index contributed by atoms with van der Waals surface area (Å²) in [5, 5.41) is 0. The van der Waals surface area contributed by atoms with Crippen molar-refractivity contribution in [3.05, 3.63) is 31.4 Å². The molecule has 0 aromatic carbocycles. The van der Waals surface area contributed by atoms with Crippen LogP contribution in [0.5, 0.6) is 0 Å². The van der Waals surface area contributed by atoms with E-state index in [1.165, 1.54) is 0 Å². The lowest BCUT2D eigenvalue weighted by Gasteiger charge is -1.91. The summed E-state index contributed by atoms with van der Waals surface area (Å²) in [4.78, 5) is 3.98. The minimum Gasteiger partial charge on any atom is -0.308 e. The predicted molar refractivity (Wildman–Crippen MR) is 38.7 cm³/mol. The number of aromatic nitrogens is 2. The van der Waals surface area contributed by atoms with Gasteiger partial charge in [-0.15, -0.1) is 0 Å². The van der Waals surface area contributed by atoms with E-state index in [9.17, 15) is 0 Å². The molecule has 0 aliphatic heterocycles. The number of hydrogen-bond acceptors (Lipinski definition) is 1. The number of hydrogen-bond donors (Lipinski definition) is 0. The monoisotopic (exact) mass is 120 g/mol. The SMILES string of the molecule is C=Cc1nccn1C=C. The summed E-state index contributed by atoms with van der Waals surface area (Å²) in [5.74, 6) is 0.824. The van der Waals surface area contributed by atoms with Gasteiger partial charge in [0, 0.05) is 18.6 Å². The molecule has 0 unspecified atom stereocenters. The molecule has 0 atom stereocenters. The zero-order valence-corrected chi connectivity index (χ0v) is 5.12. The van der Waals surface area contributed by atoms with Gasteiger partial charge in [0.15, 0.2) is 0 Å². The normalized spacial score (nSPS) is 8.89. The van der Waals surface area contributed by atoms with Crippen molar-refractivity contribution < 1.29 is 0 Å². The molecule has 0 aliphatic rings. The first kappa shape index (κ1) is 5.82. The lowest BCUT2D eigenvalue weighted by molar-refractivity contribution is 1.11. The largest absolute Gasteiger partial charge is 0.308 e. The molecule has 0 saturated carbocycles. The van der Waals surface area contributed by atoms with Gasteiger partial charge >= 0.3 is 0 Å². The third kappa shape index (κ3) is 0.914. The van der Waals surface area contributed by atoms with Crippen molar-refractivity contribution in [1.29, 1.82) is 0 Å². The Labute approximate surface area is 54.2 Å². The second-order valence-electron chi connectivity index (χ2n) is 1.58. The molecule has 1 rings (SSSR count). The fraction of sp³-hybridized carbons (Fsp3) is 0. The van der Waals surface area contributed by atoms with Gasteiger partial charge in [0.25, 0.3) is 0 Å². The summed E-state index contributed by atoms with van der Waals surface area (Å²) >= 11 is 0. The van der Waals surface area contributed by atoms with Crippen molar-refractivity contribution in [2.75, 3.05) is 0 Å². The van der Waals surface area contributed by atoms with Crippen molar-refractivity contribution in [3.8, 4) is 0 Å². The third-order valence-corrected chi connectivity index (χ3v) is 1.08. The maximum Gasteiger partial charge on any atom is 0.136 e. The van der Waals surface area contributed by atoms with Crippen molar-refractivity contribution >= 4 is 12.3 Å². The molecule has 9 heavy (non-hydrogen) atoms. The molecule has 0 aliphatic carbocycles. The van der Waals surface area contributed by atoms with E-state index in [1.807, 2.05) is 6.20 Å². The maximum atomic E-state index is 3.98. The van der Waals surface area contributed by atoms with Gasteiger partial charge < -0.3 is 4.57 Å². The first-order valence-electron chi connectivity index (χ1n) is 2.66. The van der Waals surface area contributed by atoms with Crippen LogP contribution in [0.3, 0.4) is 0 Å². The van der Waals surface area contributed by atoms with Crippen molar-refractivity contribution in [2.45, 2.75) is 0 Å². The fourth-order valence-corrected chi connectivity index (χ4v) is 0.637. The van der Waals surface area contributed by atoms with E-state index in [4.69, 9.17) is 0 Å². The Morgan fingerprint density at radius 2 is 2.33 bits per heavy atom. The van der Waals surface area contributed by atoms with E-state index in [0.717, 1.165) is 5.82 Å². The molecule has 0 spiro atoms. The van der Waals surface area contributed by atoms with E-state index in [1.54, 1.807) is 23.0 Å².